The first-order valence-electron chi connectivity index (χ1n) is 7.03. The van der Waals surface area contributed by atoms with Crippen molar-refractivity contribution in [3.8, 4) is 0 Å². The van der Waals surface area contributed by atoms with E-state index in [0.717, 1.165) is 50.1 Å². The van der Waals surface area contributed by atoms with Crippen LogP contribution in [0.25, 0.3) is 21.8 Å². The quantitative estimate of drug-likeness (QED) is 0.526. The molecule has 0 atom stereocenters. The summed E-state index contributed by atoms with van der Waals surface area (Å²) in [6, 6.07) is 11.9. The minimum atomic E-state index is 0.0929. The van der Waals surface area contributed by atoms with Gasteiger partial charge in [-0.2, -0.15) is 0 Å². The molecule has 108 valence electrons. The highest BCUT2D eigenvalue weighted by molar-refractivity contribution is 9.10. The van der Waals surface area contributed by atoms with Gasteiger partial charge in [-0.15, -0.1) is 0 Å². The van der Waals surface area contributed by atoms with E-state index < -0.39 is 0 Å². The Balaban J connectivity index is 2.47. The Morgan fingerprint density at radius 3 is 1.95 bits per heavy atom. The molecule has 1 aromatic heterocycles. The fraction of sp³-hybridized carbons (Fsp3) is 0.235. The van der Waals surface area contributed by atoms with E-state index in [9.17, 15) is 4.79 Å². The highest BCUT2D eigenvalue weighted by atomic mass is 79.9. The number of aromatic nitrogens is 1. The first-order chi connectivity index (χ1) is 10.1. The Kier molecular flexibility index (Phi) is 4.18. The van der Waals surface area contributed by atoms with Gasteiger partial charge < -0.3 is 4.57 Å². The lowest BCUT2D eigenvalue weighted by Gasteiger charge is -2.15. The average molecular weight is 409 g/mol. The SMILES string of the molecule is CCCCn1c2ccc(Br)cc2c(=O)c2cc(Br)ccc21. The number of aryl methyl sites for hydroxylation is 1. The Labute approximate surface area is 140 Å². The number of nitrogens with zero attached hydrogens (tertiary/aromatic N) is 1. The van der Waals surface area contributed by atoms with Crippen LogP contribution in [0.15, 0.2) is 50.1 Å². The standard InChI is InChI=1S/C17H15Br2NO/c1-2-3-8-20-15-6-4-11(18)9-13(15)17(21)14-10-12(19)5-7-16(14)20/h4-7,9-10H,2-3,8H2,1H3. The van der Waals surface area contributed by atoms with Crippen LogP contribution >= 0.6 is 31.9 Å². The largest absolute Gasteiger partial charge is 0.340 e. The lowest BCUT2D eigenvalue weighted by molar-refractivity contribution is 0.662. The number of hydrogen-bond donors (Lipinski definition) is 0. The minimum Gasteiger partial charge on any atom is -0.340 e. The maximum Gasteiger partial charge on any atom is 0.197 e. The third kappa shape index (κ3) is 2.67. The van der Waals surface area contributed by atoms with Gasteiger partial charge in [-0.05, 0) is 42.8 Å². The zero-order valence-electron chi connectivity index (χ0n) is 11.7. The molecular weight excluding hydrogens is 394 g/mol. The van der Waals surface area contributed by atoms with Crippen molar-refractivity contribution in [3.63, 3.8) is 0 Å². The predicted molar refractivity (Wildman–Crippen MR) is 96.0 cm³/mol. The van der Waals surface area contributed by atoms with Gasteiger partial charge in [0, 0.05) is 26.3 Å². The summed E-state index contributed by atoms with van der Waals surface area (Å²) in [6.07, 6.45) is 2.22. The lowest BCUT2D eigenvalue weighted by atomic mass is 10.1. The number of pyridine rings is 1. The molecule has 1 heterocycles. The molecule has 0 spiro atoms. The molecule has 0 unspecified atom stereocenters. The van der Waals surface area contributed by atoms with Gasteiger partial charge in [-0.3, -0.25) is 4.79 Å². The van der Waals surface area contributed by atoms with E-state index in [-0.39, 0.29) is 5.43 Å². The molecule has 0 saturated heterocycles. The van der Waals surface area contributed by atoms with Crippen LogP contribution in [0.2, 0.25) is 0 Å². The van der Waals surface area contributed by atoms with Gasteiger partial charge in [0.25, 0.3) is 0 Å². The second-order valence-corrected chi connectivity index (χ2v) is 6.99. The fourth-order valence-corrected chi connectivity index (χ4v) is 3.41. The topological polar surface area (TPSA) is 22.0 Å². The molecule has 0 aliphatic heterocycles. The number of hydrogen-bond acceptors (Lipinski definition) is 1. The normalized spacial score (nSPS) is 11.4. The molecule has 2 aromatic carbocycles. The molecule has 0 aliphatic rings. The molecule has 3 rings (SSSR count). The number of benzene rings is 2. The maximum absolute atomic E-state index is 12.8. The number of fused-ring (bicyclic) bond motifs is 2. The van der Waals surface area contributed by atoms with E-state index in [2.05, 4.69) is 43.4 Å². The van der Waals surface area contributed by atoms with E-state index in [4.69, 9.17) is 0 Å². The van der Waals surface area contributed by atoms with Crippen LogP contribution in [0.4, 0.5) is 0 Å². The summed E-state index contributed by atoms with van der Waals surface area (Å²) in [7, 11) is 0. The first kappa shape index (κ1) is 14.8. The molecule has 0 amide bonds. The highest BCUT2D eigenvalue weighted by Gasteiger charge is 2.11. The van der Waals surface area contributed by atoms with Crippen molar-refractivity contribution in [1.29, 1.82) is 0 Å². The Morgan fingerprint density at radius 1 is 0.952 bits per heavy atom. The number of unbranched alkanes of at least 4 members (excludes halogenated alkanes) is 1. The molecule has 0 saturated carbocycles. The van der Waals surface area contributed by atoms with Crippen molar-refractivity contribution in [2.24, 2.45) is 0 Å². The monoisotopic (exact) mass is 407 g/mol. The smallest absolute Gasteiger partial charge is 0.197 e. The molecule has 4 heteroatoms. The first-order valence-corrected chi connectivity index (χ1v) is 8.61. The van der Waals surface area contributed by atoms with Crippen LogP contribution in [-0.4, -0.2) is 4.57 Å². The summed E-state index contributed by atoms with van der Waals surface area (Å²) in [5.41, 5.74) is 2.10. The van der Waals surface area contributed by atoms with Crippen LogP contribution in [-0.2, 0) is 6.54 Å². The summed E-state index contributed by atoms with van der Waals surface area (Å²) in [5, 5.41) is 1.54. The summed E-state index contributed by atoms with van der Waals surface area (Å²) >= 11 is 6.93. The molecule has 0 bridgehead atoms. The van der Waals surface area contributed by atoms with Gasteiger partial charge in [0.2, 0.25) is 0 Å². The van der Waals surface area contributed by atoms with Crippen LogP contribution in [0.3, 0.4) is 0 Å². The third-order valence-corrected chi connectivity index (χ3v) is 4.71. The molecule has 2 nitrogen and oxygen atoms in total. The Bertz CT molecular complexity index is 817. The summed E-state index contributed by atoms with van der Waals surface area (Å²) in [4.78, 5) is 12.8. The van der Waals surface area contributed by atoms with Gasteiger partial charge in [0.15, 0.2) is 5.43 Å². The molecule has 0 fully saturated rings. The summed E-state index contributed by atoms with van der Waals surface area (Å²) < 4.78 is 4.13. The van der Waals surface area contributed by atoms with E-state index in [0.29, 0.717) is 0 Å². The fourth-order valence-electron chi connectivity index (χ4n) is 2.68. The van der Waals surface area contributed by atoms with E-state index >= 15 is 0 Å². The van der Waals surface area contributed by atoms with Gasteiger partial charge in [0.1, 0.15) is 0 Å². The van der Waals surface area contributed by atoms with Crippen molar-refractivity contribution in [2.75, 3.05) is 0 Å². The van der Waals surface area contributed by atoms with Crippen LogP contribution in [0.5, 0.6) is 0 Å². The molecule has 3 aromatic rings. The Hall–Kier alpha value is -1.13. The van der Waals surface area contributed by atoms with Crippen LogP contribution < -0.4 is 5.43 Å². The van der Waals surface area contributed by atoms with Gasteiger partial charge in [-0.25, -0.2) is 0 Å². The Morgan fingerprint density at radius 2 is 1.48 bits per heavy atom. The van der Waals surface area contributed by atoms with E-state index in [1.54, 1.807) is 0 Å². The van der Waals surface area contributed by atoms with Crippen molar-refractivity contribution in [3.05, 3.63) is 55.6 Å². The maximum atomic E-state index is 12.8. The van der Waals surface area contributed by atoms with Crippen molar-refractivity contribution in [2.45, 2.75) is 26.3 Å². The predicted octanol–water partition coefficient (Wildman–Crippen LogP) is 5.48. The van der Waals surface area contributed by atoms with Crippen LogP contribution in [0, 0.1) is 0 Å². The lowest BCUT2D eigenvalue weighted by Crippen LogP contribution is -2.11. The van der Waals surface area contributed by atoms with Gasteiger partial charge in [0.05, 0.1) is 11.0 Å². The molecule has 0 N–H and O–H groups in total. The molecule has 21 heavy (non-hydrogen) atoms. The molecular formula is C17H15Br2NO. The second-order valence-electron chi connectivity index (χ2n) is 5.16. The minimum absolute atomic E-state index is 0.0929. The third-order valence-electron chi connectivity index (χ3n) is 3.72. The zero-order chi connectivity index (χ0) is 15.0. The van der Waals surface area contributed by atoms with E-state index in [1.807, 2.05) is 36.4 Å². The number of rotatable bonds is 3. The number of halogens is 2. The second kappa shape index (κ2) is 5.93. The zero-order valence-corrected chi connectivity index (χ0v) is 14.9. The summed E-state index contributed by atoms with van der Waals surface area (Å²) in [6.45, 7) is 3.10. The summed E-state index contributed by atoms with van der Waals surface area (Å²) in [5.74, 6) is 0. The molecule has 0 aliphatic carbocycles. The highest BCUT2D eigenvalue weighted by Crippen LogP contribution is 2.25. The van der Waals surface area contributed by atoms with Crippen molar-refractivity contribution >= 4 is 53.7 Å². The van der Waals surface area contributed by atoms with Crippen molar-refractivity contribution < 1.29 is 0 Å². The van der Waals surface area contributed by atoms with Gasteiger partial charge >= 0.3 is 0 Å². The van der Waals surface area contributed by atoms with E-state index in [1.165, 1.54) is 0 Å². The van der Waals surface area contributed by atoms with Crippen LogP contribution in [0.1, 0.15) is 19.8 Å². The van der Waals surface area contributed by atoms with Gasteiger partial charge in [-0.1, -0.05) is 45.2 Å². The average Bonchev–Trinajstić information content (AvgIpc) is 2.48. The van der Waals surface area contributed by atoms with Crippen molar-refractivity contribution in [1.82, 2.24) is 4.57 Å². The molecule has 0 radical (unpaired) electrons.